The highest BCUT2D eigenvalue weighted by molar-refractivity contribution is 5.69. The predicted octanol–water partition coefficient (Wildman–Crippen LogP) is 7.05. The Kier molecular flexibility index (Phi) is 17.2. The Bertz CT molecular complexity index is 392. The fourth-order valence-corrected chi connectivity index (χ4v) is 2.59. The smallest absolute Gasteiger partial charge is 0.409 e. The van der Waals surface area contributed by atoms with Gasteiger partial charge in [-0.1, -0.05) is 95.8 Å². The maximum atomic E-state index is 10.9. The van der Waals surface area contributed by atoms with Gasteiger partial charge >= 0.3 is 6.09 Å². The number of nitrogens with zero attached hydrogens (tertiary/aromatic N) is 1. The van der Waals surface area contributed by atoms with Crippen LogP contribution in [0.25, 0.3) is 0 Å². The lowest BCUT2D eigenvalue weighted by molar-refractivity contribution is 0.129. The molecule has 0 aromatic rings. The molecule has 2 aliphatic rings. The molecule has 0 aromatic carbocycles. The number of allylic oxidation sites excluding steroid dienone is 6. The van der Waals surface area contributed by atoms with Crippen LogP contribution in [0.4, 0.5) is 4.79 Å². The second-order valence-corrected chi connectivity index (χ2v) is 6.91. The summed E-state index contributed by atoms with van der Waals surface area (Å²) in [5, 5.41) is 0. The average molecular weight is 364 g/mol. The van der Waals surface area contributed by atoms with E-state index in [0.29, 0.717) is 0 Å². The van der Waals surface area contributed by atoms with Crippen LogP contribution in [-0.2, 0) is 4.74 Å². The molecule has 3 heteroatoms. The van der Waals surface area contributed by atoms with Gasteiger partial charge in [-0.2, -0.15) is 0 Å². The topological polar surface area (TPSA) is 29.5 Å². The Hall–Kier alpha value is -1.51. The van der Waals surface area contributed by atoms with Gasteiger partial charge in [0.1, 0.15) is 6.10 Å². The van der Waals surface area contributed by atoms with E-state index in [2.05, 4.69) is 57.2 Å². The summed E-state index contributed by atoms with van der Waals surface area (Å²) in [4.78, 5) is 12.6. The number of hydrogen-bond donors (Lipinski definition) is 0. The normalized spacial score (nSPS) is 21.9. The standard InChI is InChI=1S/C9H17NO2.C8H10.C6H14/c1-3-4-5-6-8-7-10(2)9(11)12-8;1-2-4-6-8-7-5-3-1;1-3-5-6-4-2/h8H,3-7H2,1-2H3;1-6H,7-8H2;3-6H2,1-2H3/b;2-1-,5-3-,6-4-;. The van der Waals surface area contributed by atoms with Gasteiger partial charge in [0.25, 0.3) is 0 Å². The van der Waals surface area contributed by atoms with Crippen molar-refractivity contribution in [2.45, 2.75) is 91.1 Å². The van der Waals surface area contributed by atoms with E-state index in [-0.39, 0.29) is 12.2 Å². The number of ether oxygens (including phenoxy) is 1. The summed E-state index contributed by atoms with van der Waals surface area (Å²) in [6.45, 7) is 7.40. The average Bonchev–Trinajstić information content (AvgIpc) is 2.92. The van der Waals surface area contributed by atoms with Crippen LogP contribution in [0.1, 0.15) is 85.0 Å². The first kappa shape index (κ1) is 24.5. The van der Waals surface area contributed by atoms with Crippen molar-refractivity contribution < 1.29 is 9.53 Å². The molecule has 150 valence electrons. The minimum atomic E-state index is -0.170. The van der Waals surface area contributed by atoms with Crippen LogP contribution in [0.15, 0.2) is 36.5 Å². The van der Waals surface area contributed by atoms with E-state index in [1.54, 1.807) is 11.9 Å². The molecule has 2 rings (SSSR count). The van der Waals surface area contributed by atoms with Crippen molar-refractivity contribution >= 4 is 6.09 Å². The highest BCUT2D eigenvalue weighted by atomic mass is 16.6. The summed E-state index contributed by atoms with van der Waals surface area (Å²) in [6, 6.07) is 0. The number of likely N-dealkylation sites (N-methyl/N-ethyl adjacent to an activating group) is 1. The van der Waals surface area contributed by atoms with Crippen LogP contribution >= 0.6 is 0 Å². The lowest BCUT2D eigenvalue weighted by atomic mass is 10.1. The zero-order chi connectivity index (χ0) is 19.5. The molecule has 1 saturated heterocycles. The molecule has 1 aliphatic heterocycles. The molecule has 1 heterocycles. The maximum absolute atomic E-state index is 10.9. The van der Waals surface area contributed by atoms with Gasteiger partial charge < -0.3 is 9.64 Å². The maximum Gasteiger partial charge on any atom is 0.409 e. The largest absolute Gasteiger partial charge is 0.444 e. The molecule has 0 radical (unpaired) electrons. The molecule has 1 unspecified atom stereocenters. The Balaban J connectivity index is 0.000000388. The minimum Gasteiger partial charge on any atom is -0.444 e. The lowest BCUT2D eigenvalue weighted by Crippen LogP contribution is -2.19. The van der Waals surface area contributed by atoms with Gasteiger partial charge in [0.05, 0.1) is 6.54 Å². The lowest BCUT2D eigenvalue weighted by Gasteiger charge is -2.06. The Morgan fingerprint density at radius 2 is 1.38 bits per heavy atom. The molecule has 1 atom stereocenters. The van der Waals surface area contributed by atoms with Crippen molar-refractivity contribution in [3.8, 4) is 0 Å². The van der Waals surface area contributed by atoms with E-state index in [1.807, 2.05) is 0 Å². The second kappa shape index (κ2) is 18.3. The summed E-state index contributed by atoms with van der Waals surface area (Å²) in [7, 11) is 1.78. The van der Waals surface area contributed by atoms with Crippen LogP contribution in [0.2, 0.25) is 0 Å². The SMILES string of the molecule is C1=C\C=C/CC\C=C/1.CCCCCC.CCCCCC1CN(C)C(=O)O1. The van der Waals surface area contributed by atoms with Gasteiger partial charge in [0.2, 0.25) is 0 Å². The van der Waals surface area contributed by atoms with Crippen molar-refractivity contribution in [2.24, 2.45) is 0 Å². The molecule has 0 saturated carbocycles. The van der Waals surface area contributed by atoms with Gasteiger partial charge in [-0.3, -0.25) is 0 Å². The fourth-order valence-electron chi connectivity index (χ4n) is 2.59. The van der Waals surface area contributed by atoms with Gasteiger partial charge in [-0.25, -0.2) is 4.79 Å². The van der Waals surface area contributed by atoms with Gasteiger partial charge in [-0.05, 0) is 25.7 Å². The number of carbonyl (C=O) groups excluding carboxylic acids is 1. The van der Waals surface area contributed by atoms with E-state index in [1.165, 1.54) is 57.8 Å². The molecular weight excluding hydrogens is 322 g/mol. The van der Waals surface area contributed by atoms with Gasteiger partial charge in [0, 0.05) is 7.05 Å². The zero-order valence-corrected chi connectivity index (χ0v) is 17.6. The van der Waals surface area contributed by atoms with Gasteiger partial charge in [0.15, 0.2) is 0 Å². The van der Waals surface area contributed by atoms with Crippen molar-refractivity contribution in [2.75, 3.05) is 13.6 Å². The third kappa shape index (κ3) is 14.8. The van der Waals surface area contributed by atoms with E-state index >= 15 is 0 Å². The number of unbranched alkanes of at least 4 members (excludes halogenated alkanes) is 5. The van der Waals surface area contributed by atoms with E-state index in [4.69, 9.17) is 4.74 Å². The monoisotopic (exact) mass is 363 g/mol. The summed E-state index contributed by atoms with van der Waals surface area (Å²) in [6.07, 6.45) is 25.2. The van der Waals surface area contributed by atoms with Crippen LogP contribution in [0.3, 0.4) is 0 Å². The first-order valence-corrected chi connectivity index (χ1v) is 10.6. The second-order valence-electron chi connectivity index (χ2n) is 6.91. The minimum absolute atomic E-state index is 0.147. The Labute approximate surface area is 162 Å². The number of amides is 1. The Morgan fingerprint density at radius 1 is 0.885 bits per heavy atom. The third-order valence-corrected chi connectivity index (χ3v) is 4.25. The molecular formula is C23H41NO2. The number of rotatable bonds is 7. The van der Waals surface area contributed by atoms with Crippen LogP contribution < -0.4 is 0 Å². The molecule has 0 spiro atoms. The van der Waals surface area contributed by atoms with Crippen LogP contribution in [-0.4, -0.2) is 30.7 Å². The molecule has 0 aromatic heterocycles. The van der Waals surface area contributed by atoms with Crippen molar-refractivity contribution in [1.82, 2.24) is 4.90 Å². The van der Waals surface area contributed by atoms with Crippen LogP contribution in [0, 0.1) is 0 Å². The summed E-state index contributed by atoms with van der Waals surface area (Å²) in [5.74, 6) is 0. The highest BCUT2D eigenvalue weighted by Crippen LogP contribution is 2.14. The van der Waals surface area contributed by atoms with Crippen LogP contribution in [0.5, 0.6) is 0 Å². The summed E-state index contributed by atoms with van der Waals surface area (Å²) >= 11 is 0. The highest BCUT2D eigenvalue weighted by Gasteiger charge is 2.27. The molecule has 0 bridgehead atoms. The molecule has 1 fully saturated rings. The van der Waals surface area contributed by atoms with E-state index in [0.717, 1.165) is 13.0 Å². The van der Waals surface area contributed by atoms with E-state index < -0.39 is 0 Å². The van der Waals surface area contributed by atoms with Crippen molar-refractivity contribution in [3.05, 3.63) is 36.5 Å². The first-order chi connectivity index (χ1) is 12.7. The quantitative estimate of drug-likeness (QED) is 0.453. The predicted molar refractivity (Wildman–Crippen MR) is 114 cm³/mol. The number of cyclic esters (lactones) is 1. The molecule has 3 nitrogen and oxygen atoms in total. The third-order valence-electron chi connectivity index (χ3n) is 4.25. The fraction of sp³-hybridized carbons (Fsp3) is 0.696. The number of hydrogen-bond acceptors (Lipinski definition) is 2. The molecule has 1 amide bonds. The first-order valence-electron chi connectivity index (χ1n) is 10.6. The van der Waals surface area contributed by atoms with Crippen molar-refractivity contribution in [3.63, 3.8) is 0 Å². The number of carbonyl (C=O) groups is 1. The molecule has 0 N–H and O–H groups in total. The molecule has 26 heavy (non-hydrogen) atoms. The van der Waals surface area contributed by atoms with Crippen molar-refractivity contribution in [1.29, 1.82) is 0 Å². The Morgan fingerprint density at radius 3 is 1.81 bits per heavy atom. The van der Waals surface area contributed by atoms with E-state index in [9.17, 15) is 4.79 Å². The summed E-state index contributed by atoms with van der Waals surface area (Å²) in [5.41, 5.74) is 0. The zero-order valence-electron chi connectivity index (χ0n) is 17.6. The van der Waals surface area contributed by atoms with Gasteiger partial charge in [-0.15, -0.1) is 0 Å². The summed E-state index contributed by atoms with van der Waals surface area (Å²) < 4.78 is 5.11. The molecule has 1 aliphatic carbocycles.